The van der Waals surface area contributed by atoms with Crippen LogP contribution in [-0.4, -0.2) is 37.9 Å². The van der Waals surface area contributed by atoms with Crippen LogP contribution < -0.4 is 0 Å². The average Bonchev–Trinajstić information content (AvgIpc) is 3.08. The van der Waals surface area contributed by atoms with Gasteiger partial charge < -0.3 is 14.2 Å². The van der Waals surface area contributed by atoms with Crippen molar-refractivity contribution in [2.75, 3.05) is 19.8 Å². The van der Waals surface area contributed by atoms with E-state index in [1.807, 2.05) is 0 Å². The molecule has 0 bridgehead atoms. The predicted octanol–water partition coefficient (Wildman–Crippen LogP) is 13.3. The fourth-order valence-electron chi connectivity index (χ4n) is 5.84. The van der Waals surface area contributed by atoms with Crippen molar-refractivity contribution in [3.05, 3.63) is 24.3 Å². The summed E-state index contributed by atoms with van der Waals surface area (Å²) in [6.45, 7) is 7.74. The Labute approximate surface area is 298 Å². The molecule has 0 aromatic rings. The third-order valence-electron chi connectivity index (χ3n) is 8.97. The fraction of sp³-hybridized carbons (Fsp3) is 0.860. The van der Waals surface area contributed by atoms with Crippen molar-refractivity contribution >= 4 is 11.9 Å². The van der Waals surface area contributed by atoms with E-state index in [-0.39, 0.29) is 25.2 Å². The SMILES string of the molecule is CCC/C=C\C/C=C\CCCCCCCC(=O)OCC(COCCCCCCCCCC)OC(=O)CCCCCCCCCCCCC. The van der Waals surface area contributed by atoms with Crippen LogP contribution in [0.2, 0.25) is 0 Å². The van der Waals surface area contributed by atoms with Crippen LogP contribution in [0.5, 0.6) is 0 Å². The Morgan fingerprint density at radius 1 is 0.458 bits per heavy atom. The largest absolute Gasteiger partial charge is 0.462 e. The Kier molecular flexibility index (Phi) is 38.5. The highest BCUT2D eigenvalue weighted by molar-refractivity contribution is 5.70. The third kappa shape index (κ3) is 37.2. The molecule has 0 amide bonds. The Morgan fingerprint density at radius 3 is 1.46 bits per heavy atom. The molecule has 0 heterocycles. The molecule has 0 radical (unpaired) electrons. The molecular weight excluding hydrogens is 596 g/mol. The van der Waals surface area contributed by atoms with Crippen molar-refractivity contribution in [1.82, 2.24) is 0 Å². The molecule has 282 valence electrons. The highest BCUT2D eigenvalue weighted by Gasteiger charge is 2.17. The first-order valence-corrected chi connectivity index (χ1v) is 20.9. The standard InChI is InChI=1S/C43H80O5/c1-4-7-10-13-16-19-21-22-24-25-27-30-33-36-42(44)47-40-41(39-46-38-35-32-29-18-15-12-9-6-3)48-43(45)37-34-31-28-26-23-20-17-14-11-8-5-2/h10,13,19,21,41H,4-9,11-12,14-18,20,22-40H2,1-3H3/b13-10-,21-19-. The van der Waals surface area contributed by atoms with Gasteiger partial charge in [-0.25, -0.2) is 0 Å². The maximum Gasteiger partial charge on any atom is 0.306 e. The molecule has 0 aromatic carbocycles. The minimum Gasteiger partial charge on any atom is -0.462 e. The lowest BCUT2D eigenvalue weighted by Crippen LogP contribution is -2.30. The van der Waals surface area contributed by atoms with Crippen molar-refractivity contribution in [2.24, 2.45) is 0 Å². The molecule has 5 heteroatoms. The van der Waals surface area contributed by atoms with E-state index in [4.69, 9.17) is 14.2 Å². The molecule has 0 saturated carbocycles. The predicted molar refractivity (Wildman–Crippen MR) is 205 cm³/mol. The maximum absolute atomic E-state index is 12.6. The second-order valence-corrected chi connectivity index (χ2v) is 13.9. The number of ether oxygens (including phenoxy) is 3. The van der Waals surface area contributed by atoms with Gasteiger partial charge in [0.05, 0.1) is 6.61 Å². The van der Waals surface area contributed by atoms with Gasteiger partial charge in [0.2, 0.25) is 0 Å². The smallest absolute Gasteiger partial charge is 0.306 e. The number of rotatable bonds is 38. The summed E-state index contributed by atoms with van der Waals surface area (Å²) in [5, 5.41) is 0. The van der Waals surface area contributed by atoms with E-state index in [0.29, 0.717) is 19.4 Å². The number of esters is 2. The molecule has 0 N–H and O–H groups in total. The molecule has 0 rings (SSSR count). The minimum atomic E-state index is -0.529. The summed E-state index contributed by atoms with van der Waals surface area (Å²) in [6.07, 6.45) is 43.1. The quantitative estimate of drug-likeness (QED) is 0.0370. The van der Waals surface area contributed by atoms with Crippen LogP contribution in [0.3, 0.4) is 0 Å². The van der Waals surface area contributed by atoms with Crippen LogP contribution in [0.1, 0.15) is 213 Å². The lowest BCUT2D eigenvalue weighted by Gasteiger charge is -2.18. The summed E-state index contributed by atoms with van der Waals surface area (Å²) in [5.41, 5.74) is 0. The molecule has 0 fully saturated rings. The average molecular weight is 677 g/mol. The summed E-state index contributed by atoms with van der Waals surface area (Å²) in [7, 11) is 0. The van der Waals surface area contributed by atoms with E-state index < -0.39 is 6.10 Å². The van der Waals surface area contributed by atoms with E-state index in [1.165, 1.54) is 122 Å². The van der Waals surface area contributed by atoms with Crippen LogP contribution in [0.4, 0.5) is 0 Å². The Balaban J connectivity index is 4.21. The third-order valence-corrected chi connectivity index (χ3v) is 8.97. The number of hydrogen-bond donors (Lipinski definition) is 0. The van der Waals surface area contributed by atoms with Gasteiger partial charge in [0.15, 0.2) is 6.10 Å². The van der Waals surface area contributed by atoms with Gasteiger partial charge in [-0.1, -0.05) is 180 Å². The highest BCUT2D eigenvalue weighted by atomic mass is 16.6. The zero-order valence-electron chi connectivity index (χ0n) is 32.3. The van der Waals surface area contributed by atoms with Gasteiger partial charge in [-0.15, -0.1) is 0 Å². The van der Waals surface area contributed by atoms with Gasteiger partial charge in [0.25, 0.3) is 0 Å². The van der Waals surface area contributed by atoms with E-state index in [9.17, 15) is 9.59 Å². The van der Waals surface area contributed by atoms with Crippen LogP contribution in [0, 0.1) is 0 Å². The molecule has 0 aliphatic heterocycles. The Hall–Kier alpha value is -1.62. The molecular formula is C43H80O5. The van der Waals surface area contributed by atoms with Gasteiger partial charge in [-0.05, 0) is 44.9 Å². The highest BCUT2D eigenvalue weighted by Crippen LogP contribution is 2.14. The first-order chi connectivity index (χ1) is 23.6. The second-order valence-electron chi connectivity index (χ2n) is 13.9. The van der Waals surface area contributed by atoms with E-state index in [0.717, 1.165) is 57.8 Å². The zero-order chi connectivity index (χ0) is 35.0. The summed E-state index contributed by atoms with van der Waals surface area (Å²) in [4.78, 5) is 25.1. The monoisotopic (exact) mass is 677 g/mol. The number of hydrogen-bond acceptors (Lipinski definition) is 5. The molecule has 0 aromatic heterocycles. The molecule has 0 aliphatic rings. The lowest BCUT2D eigenvalue weighted by atomic mass is 10.1. The van der Waals surface area contributed by atoms with Gasteiger partial charge in [-0.3, -0.25) is 9.59 Å². The van der Waals surface area contributed by atoms with E-state index in [1.54, 1.807) is 0 Å². The van der Waals surface area contributed by atoms with Crippen molar-refractivity contribution in [2.45, 2.75) is 219 Å². The van der Waals surface area contributed by atoms with Crippen LogP contribution >= 0.6 is 0 Å². The zero-order valence-corrected chi connectivity index (χ0v) is 32.3. The van der Waals surface area contributed by atoms with Gasteiger partial charge in [-0.2, -0.15) is 0 Å². The fourth-order valence-corrected chi connectivity index (χ4v) is 5.84. The molecule has 5 nitrogen and oxygen atoms in total. The van der Waals surface area contributed by atoms with Crippen LogP contribution in [0.25, 0.3) is 0 Å². The van der Waals surface area contributed by atoms with Gasteiger partial charge >= 0.3 is 11.9 Å². The topological polar surface area (TPSA) is 61.8 Å². The molecule has 0 aliphatic carbocycles. The van der Waals surface area contributed by atoms with E-state index in [2.05, 4.69) is 45.1 Å². The number of carbonyl (C=O) groups is 2. The normalized spacial score (nSPS) is 12.3. The van der Waals surface area contributed by atoms with Crippen molar-refractivity contribution in [3.63, 3.8) is 0 Å². The molecule has 0 spiro atoms. The van der Waals surface area contributed by atoms with Crippen molar-refractivity contribution in [3.8, 4) is 0 Å². The number of allylic oxidation sites excluding steroid dienone is 4. The van der Waals surface area contributed by atoms with Crippen LogP contribution in [-0.2, 0) is 23.8 Å². The molecule has 1 unspecified atom stereocenters. The lowest BCUT2D eigenvalue weighted by molar-refractivity contribution is -0.163. The summed E-state index contributed by atoms with van der Waals surface area (Å²) in [6, 6.07) is 0. The Morgan fingerprint density at radius 2 is 0.917 bits per heavy atom. The molecule has 0 saturated heterocycles. The summed E-state index contributed by atoms with van der Waals surface area (Å²) in [5.74, 6) is -0.408. The summed E-state index contributed by atoms with van der Waals surface area (Å²) >= 11 is 0. The van der Waals surface area contributed by atoms with Gasteiger partial charge in [0.1, 0.15) is 6.61 Å². The van der Waals surface area contributed by atoms with Crippen LogP contribution in [0.15, 0.2) is 24.3 Å². The summed E-state index contributed by atoms with van der Waals surface area (Å²) < 4.78 is 17.2. The van der Waals surface area contributed by atoms with Gasteiger partial charge in [0, 0.05) is 19.4 Å². The second kappa shape index (κ2) is 39.8. The van der Waals surface area contributed by atoms with E-state index >= 15 is 0 Å². The van der Waals surface area contributed by atoms with Crippen molar-refractivity contribution in [1.29, 1.82) is 0 Å². The number of carbonyl (C=O) groups excluding carboxylic acids is 2. The van der Waals surface area contributed by atoms with Crippen molar-refractivity contribution < 1.29 is 23.8 Å². The first kappa shape index (κ1) is 46.4. The maximum atomic E-state index is 12.6. The first-order valence-electron chi connectivity index (χ1n) is 20.9. The molecule has 1 atom stereocenters. The minimum absolute atomic E-state index is 0.0836. The Bertz CT molecular complexity index is 731. The molecule has 48 heavy (non-hydrogen) atoms. The number of unbranched alkanes of at least 4 members (excludes halogenated alkanes) is 23.